The minimum atomic E-state index is -0.440. The third-order valence-corrected chi connectivity index (χ3v) is 5.68. The van der Waals surface area contributed by atoms with Crippen molar-refractivity contribution >= 4 is 17.0 Å². The molecule has 0 fully saturated rings. The van der Waals surface area contributed by atoms with Gasteiger partial charge in [0.15, 0.2) is 0 Å². The number of rotatable bonds is 6. The van der Waals surface area contributed by atoms with E-state index in [0.29, 0.717) is 41.6 Å². The molecule has 0 N–H and O–H groups in total. The first-order valence-electron chi connectivity index (χ1n) is 10.8. The maximum atomic E-state index is 11.9. The Hall–Kier alpha value is -3.75. The Bertz CT molecular complexity index is 1290. The third-order valence-electron chi connectivity index (χ3n) is 5.68. The van der Waals surface area contributed by atoms with Crippen LogP contribution >= 0.6 is 0 Å². The summed E-state index contributed by atoms with van der Waals surface area (Å²) in [7, 11) is 1.56. The summed E-state index contributed by atoms with van der Waals surface area (Å²) in [5.74, 6) is 0.247. The maximum absolute atomic E-state index is 11.9. The fourth-order valence-electron chi connectivity index (χ4n) is 4.13. The van der Waals surface area contributed by atoms with Gasteiger partial charge in [0.05, 0.1) is 38.2 Å². The van der Waals surface area contributed by atoms with Crippen LogP contribution in [0.25, 0.3) is 17.0 Å². The second-order valence-electron chi connectivity index (χ2n) is 7.77. The lowest BCUT2D eigenvalue weighted by Gasteiger charge is -2.16. The van der Waals surface area contributed by atoms with Gasteiger partial charge in [-0.15, -0.1) is 0 Å². The molecule has 9 heteroatoms. The number of aryl methyl sites for hydroxylation is 2. The second kappa shape index (κ2) is 8.41. The van der Waals surface area contributed by atoms with E-state index in [4.69, 9.17) is 9.47 Å². The van der Waals surface area contributed by atoms with E-state index in [9.17, 15) is 4.79 Å². The van der Waals surface area contributed by atoms with Gasteiger partial charge >= 0.3 is 5.97 Å². The fourth-order valence-corrected chi connectivity index (χ4v) is 4.13. The molecular weight excluding hydrogens is 408 g/mol. The molecule has 1 aliphatic rings. The molecule has 0 aliphatic heterocycles. The quantitative estimate of drug-likeness (QED) is 0.432. The molecule has 0 spiro atoms. The van der Waals surface area contributed by atoms with Gasteiger partial charge in [-0.25, -0.2) is 14.5 Å². The summed E-state index contributed by atoms with van der Waals surface area (Å²) in [5, 5.41) is 8.73. The highest BCUT2D eigenvalue weighted by atomic mass is 16.5. The van der Waals surface area contributed by atoms with Gasteiger partial charge in [0.25, 0.3) is 5.95 Å². The summed E-state index contributed by atoms with van der Waals surface area (Å²) < 4.78 is 13.9. The topological polar surface area (TPSA) is 97.0 Å². The van der Waals surface area contributed by atoms with Crippen molar-refractivity contribution in [2.24, 2.45) is 0 Å². The molecule has 0 bridgehead atoms. The zero-order chi connectivity index (χ0) is 22.1. The minimum Gasteiger partial charge on any atom is -0.479 e. The van der Waals surface area contributed by atoms with E-state index in [1.165, 1.54) is 46.6 Å². The normalized spacial score (nSPS) is 13.2. The van der Waals surface area contributed by atoms with Crippen LogP contribution in [0.1, 0.15) is 46.8 Å². The van der Waals surface area contributed by atoms with Gasteiger partial charge in [0.2, 0.25) is 5.88 Å². The number of nitrogens with zero attached hydrogens (tertiary/aromatic N) is 6. The number of carbonyl (C=O) groups excluding carboxylic acids is 1. The molecule has 3 heterocycles. The zero-order valence-corrected chi connectivity index (χ0v) is 18.1. The van der Waals surface area contributed by atoms with Gasteiger partial charge in [-0.2, -0.15) is 15.2 Å². The third kappa shape index (κ3) is 3.70. The smallest absolute Gasteiger partial charge is 0.341 e. The fraction of sp³-hybridized carbons (Fsp3) is 0.348. The van der Waals surface area contributed by atoms with Crippen molar-refractivity contribution in [1.82, 2.24) is 29.5 Å². The average molecular weight is 432 g/mol. The number of hydrogen-bond donors (Lipinski definition) is 0. The molecule has 3 aromatic heterocycles. The highest BCUT2D eigenvalue weighted by Crippen LogP contribution is 2.26. The first-order chi connectivity index (χ1) is 15.7. The van der Waals surface area contributed by atoms with Crippen molar-refractivity contribution in [1.29, 1.82) is 0 Å². The number of ether oxygens (including phenoxy) is 2. The number of fused-ring (bicyclic) bond motifs is 2. The molecule has 9 nitrogen and oxygen atoms in total. The Labute approximate surface area is 185 Å². The molecule has 1 aliphatic carbocycles. The Morgan fingerprint density at radius 2 is 1.94 bits per heavy atom. The molecule has 4 aromatic rings. The Morgan fingerprint density at radius 1 is 1.09 bits per heavy atom. The van der Waals surface area contributed by atoms with E-state index in [0.717, 1.165) is 12.8 Å². The zero-order valence-electron chi connectivity index (χ0n) is 18.1. The van der Waals surface area contributed by atoms with Gasteiger partial charge < -0.3 is 9.47 Å². The van der Waals surface area contributed by atoms with Crippen LogP contribution in [0.3, 0.4) is 0 Å². The molecular formula is C23H24N6O3. The van der Waals surface area contributed by atoms with Crippen LogP contribution in [0.5, 0.6) is 5.88 Å². The molecule has 0 amide bonds. The molecule has 164 valence electrons. The largest absolute Gasteiger partial charge is 0.479 e. The summed E-state index contributed by atoms with van der Waals surface area (Å²) in [6.07, 6.45) is 9.47. The van der Waals surface area contributed by atoms with Gasteiger partial charge in [-0.05, 0) is 49.3 Å². The lowest BCUT2D eigenvalue weighted by Crippen LogP contribution is -2.08. The predicted octanol–water partition coefficient (Wildman–Crippen LogP) is 3.12. The van der Waals surface area contributed by atoms with Crippen molar-refractivity contribution in [3.05, 3.63) is 59.0 Å². The van der Waals surface area contributed by atoms with Gasteiger partial charge in [0, 0.05) is 6.20 Å². The van der Waals surface area contributed by atoms with Crippen LogP contribution in [0.2, 0.25) is 0 Å². The average Bonchev–Trinajstić information content (AvgIpc) is 3.46. The summed E-state index contributed by atoms with van der Waals surface area (Å²) in [5.41, 5.74) is 5.76. The molecule has 0 atom stereocenters. The van der Waals surface area contributed by atoms with Gasteiger partial charge in [-0.1, -0.05) is 18.2 Å². The number of hydrogen-bond acceptors (Lipinski definition) is 7. The van der Waals surface area contributed by atoms with E-state index < -0.39 is 5.97 Å². The standard InChI is InChI=1S/C23H24N6O3/c1-3-32-22(30)18-11-24-29(14-18)23-26-19-12-25-28(20(19)21(27-23)31-2)13-15-8-9-16-6-4-5-7-17(16)10-15/h8-12,14H,3-7,13H2,1-2H3. The second-order valence-corrected chi connectivity index (χ2v) is 7.77. The molecule has 1 aromatic carbocycles. The monoisotopic (exact) mass is 432 g/mol. The van der Waals surface area contributed by atoms with Crippen LogP contribution in [0.15, 0.2) is 36.8 Å². The maximum Gasteiger partial charge on any atom is 0.341 e. The van der Waals surface area contributed by atoms with E-state index >= 15 is 0 Å². The molecule has 32 heavy (non-hydrogen) atoms. The molecule has 0 unspecified atom stereocenters. The SMILES string of the molecule is CCOC(=O)c1cnn(-c2nc(OC)c3c(cnn3Cc3ccc4c(c3)CCCC4)n2)c1. The van der Waals surface area contributed by atoms with Gasteiger partial charge in [0.1, 0.15) is 11.0 Å². The first-order valence-corrected chi connectivity index (χ1v) is 10.8. The van der Waals surface area contributed by atoms with E-state index in [1.807, 2.05) is 4.68 Å². The van der Waals surface area contributed by atoms with Crippen molar-refractivity contribution in [2.45, 2.75) is 39.2 Å². The van der Waals surface area contributed by atoms with E-state index in [1.54, 1.807) is 20.2 Å². The van der Waals surface area contributed by atoms with Crippen molar-refractivity contribution in [3.8, 4) is 11.8 Å². The number of methoxy groups -OCH3 is 1. The molecule has 0 saturated heterocycles. The lowest BCUT2D eigenvalue weighted by atomic mass is 9.90. The van der Waals surface area contributed by atoms with Crippen molar-refractivity contribution in [3.63, 3.8) is 0 Å². The minimum absolute atomic E-state index is 0.290. The Balaban J connectivity index is 1.47. The highest BCUT2D eigenvalue weighted by molar-refractivity contribution is 5.88. The van der Waals surface area contributed by atoms with Crippen molar-refractivity contribution in [2.75, 3.05) is 13.7 Å². The van der Waals surface area contributed by atoms with Crippen LogP contribution < -0.4 is 4.74 Å². The van der Waals surface area contributed by atoms with Gasteiger partial charge in [-0.3, -0.25) is 4.68 Å². The first kappa shape index (κ1) is 20.2. The van der Waals surface area contributed by atoms with Crippen LogP contribution in [0.4, 0.5) is 0 Å². The predicted molar refractivity (Wildman–Crippen MR) is 117 cm³/mol. The number of benzene rings is 1. The van der Waals surface area contributed by atoms with Crippen molar-refractivity contribution < 1.29 is 14.3 Å². The number of esters is 1. The lowest BCUT2D eigenvalue weighted by molar-refractivity contribution is 0.0526. The Kier molecular flexibility index (Phi) is 5.30. The van der Waals surface area contributed by atoms with Crippen LogP contribution in [-0.4, -0.2) is 49.2 Å². The molecule has 5 rings (SSSR count). The summed E-state index contributed by atoms with van der Waals surface area (Å²) in [6.45, 7) is 2.65. The summed E-state index contributed by atoms with van der Waals surface area (Å²) in [6, 6.07) is 6.69. The highest BCUT2D eigenvalue weighted by Gasteiger charge is 2.18. The summed E-state index contributed by atoms with van der Waals surface area (Å²) in [4.78, 5) is 21.0. The Morgan fingerprint density at radius 3 is 2.75 bits per heavy atom. The molecule has 0 radical (unpaired) electrons. The van der Waals surface area contributed by atoms with Crippen LogP contribution in [0, 0.1) is 0 Å². The molecule has 0 saturated carbocycles. The summed E-state index contributed by atoms with van der Waals surface area (Å²) >= 11 is 0. The van der Waals surface area contributed by atoms with E-state index in [-0.39, 0.29) is 0 Å². The van der Waals surface area contributed by atoms with E-state index in [2.05, 4.69) is 38.4 Å². The number of carbonyl (C=O) groups is 1. The van der Waals surface area contributed by atoms with Crippen LogP contribution in [-0.2, 0) is 24.1 Å². The number of aromatic nitrogens is 6.